The Bertz CT molecular complexity index is 441. The number of nitrogens with one attached hydrogen (secondary N) is 1. The van der Waals surface area contributed by atoms with Crippen molar-refractivity contribution in [1.29, 1.82) is 0 Å². The lowest BCUT2D eigenvalue weighted by Gasteiger charge is -2.30. The first-order valence-corrected chi connectivity index (χ1v) is 6.55. The number of anilines is 1. The molecule has 1 aliphatic rings. The minimum absolute atomic E-state index is 0.193. The van der Waals surface area contributed by atoms with E-state index >= 15 is 0 Å². The Hall–Kier alpha value is -0.810. The number of pyridine rings is 1. The van der Waals surface area contributed by atoms with Crippen LogP contribution >= 0.6 is 27.5 Å². The molecule has 92 valence electrons. The van der Waals surface area contributed by atoms with E-state index in [2.05, 4.69) is 26.2 Å². The molecule has 0 aliphatic carbocycles. The van der Waals surface area contributed by atoms with Crippen LogP contribution in [0.4, 0.5) is 5.82 Å². The third kappa shape index (κ3) is 3.10. The zero-order chi connectivity index (χ0) is 12.4. The summed E-state index contributed by atoms with van der Waals surface area (Å²) in [5.41, 5.74) is 0. The van der Waals surface area contributed by atoms with Gasteiger partial charge in [-0.3, -0.25) is 4.79 Å². The number of amides is 1. The maximum absolute atomic E-state index is 11.4. The van der Waals surface area contributed by atoms with Gasteiger partial charge in [-0.2, -0.15) is 0 Å². The van der Waals surface area contributed by atoms with Crippen molar-refractivity contribution in [2.24, 2.45) is 0 Å². The number of halogens is 2. The molecule has 1 atom stereocenters. The van der Waals surface area contributed by atoms with Crippen LogP contribution in [0.1, 0.15) is 12.8 Å². The standard InChI is InChI=1S/C11H13BrClN3O/c1-16-6-8(2-3-10(16)17)15-11-9(13)4-7(12)5-14-11/h4-5,8H,2-3,6H2,1H3,(H,14,15). The molecule has 17 heavy (non-hydrogen) atoms. The Morgan fingerprint density at radius 1 is 1.65 bits per heavy atom. The summed E-state index contributed by atoms with van der Waals surface area (Å²) in [5, 5.41) is 3.85. The molecule has 1 aliphatic heterocycles. The van der Waals surface area contributed by atoms with E-state index in [9.17, 15) is 4.79 Å². The van der Waals surface area contributed by atoms with E-state index in [1.165, 1.54) is 0 Å². The van der Waals surface area contributed by atoms with Crippen LogP contribution < -0.4 is 5.32 Å². The van der Waals surface area contributed by atoms with Crippen LogP contribution in [0.15, 0.2) is 16.7 Å². The van der Waals surface area contributed by atoms with Gasteiger partial charge in [0.15, 0.2) is 0 Å². The molecule has 1 aromatic heterocycles. The van der Waals surface area contributed by atoms with Gasteiger partial charge in [0.2, 0.25) is 5.91 Å². The fourth-order valence-electron chi connectivity index (χ4n) is 1.84. The Kier molecular flexibility index (Phi) is 3.89. The Labute approximate surface area is 113 Å². The summed E-state index contributed by atoms with van der Waals surface area (Å²) in [6.07, 6.45) is 3.09. The van der Waals surface area contributed by atoms with Crippen molar-refractivity contribution >= 4 is 39.3 Å². The smallest absolute Gasteiger partial charge is 0.222 e. The lowest BCUT2D eigenvalue weighted by molar-refractivity contribution is -0.132. The van der Waals surface area contributed by atoms with Gasteiger partial charge in [-0.25, -0.2) is 4.98 Å². The lowest BCUT2D eigenvalue weighted by atomic mass is 10.1. The van der Waals surface area contributed by atoms with Crippen LogP contribution in [0.2, 0.25) is 5.02 Å². The van der Waals surface area contributed by atoms with E-state index in [-0.39, 0.29) is 11.9 Å². The van der Waals surface area contributed by atoms with Crippen LogP contribution in [0.5, 0.6) is 0 Å². The minimum atomic E-state index is 0.193. The molecule has 4 nitrogen and oxygen atoms in total. The number of piperidine rings is 1. The summed E-state index contributed by atoms with van der Waals surface area (Å²) in [6.45, 7) is 0.687. The Balaban J connectivity index is 2.03. The molecule has 6 heteroatoms. The second-order valence-electron chi connectivity index (χ2n) is 4.14. The Morgan fingerprint density at radius 3 is 3.06 bits per heavy atom. The number of nitrogens with zero attached hydrogens (tertiary/aromatic N) is 2. The van der Waals surface area contributed by atoms with Gasteiger partial charge in [0, 0.05) is 36.7 Å². The highest BCUT2D eigenvalue weighted by molar-refractivity contribution is 9.10. The van der Waals surface area contributed by atoms with E-state index in [0.29, 0.717) is 23.8 Å². The first-order valence-electron chi connectivity index (χ1n) is 5.38. The number of likely N-dealkylation sites (tertiary alicyclic amines) is 1. The highest BCUT2D eigenvalue weighted by Crippen LogP contribution is 2.24. The molecule has 1 saturated heterocycles. The van der Waals surface area contributed by atoms with Crippen molar-refractivity contribution in [2.45, 2.75) is 18.9 Å². The van der Waals surface area contributed by atoms with Crippen molar-refractivity contribution < 1.29 is 4.79 Å². The first-order chi connectivity index (χ1) is 8.06. The number of carbonyl (C=O) groups excluding carboxylic acids is 1. The summed E-state index contributed by atoms with van der Waals surface area (Å²) in [6, 6.07) is 2.01. The Morgan fingerprint density at radius 2 is 2.41 bits per heavy atom. The van der Waals surface area contributed by atoms with E-state index in [1.807, 2.05) is 7.05 Å². The maximum atomic E-state index is 11.4. The predicted molar refractivity (Wildman–Crippen MR) is 71.2 cm³/mol. The van der Waals surface area contributed by atoms with Gasteiger partial charge < -0.3 is 10.2 Å². The molecular formula is C11H13BrClN3O. The van der Waals surface area contributed by atoms with Crippen molar-refractivity contribution in [3.05, 3.63) is 21.8 Å². The predicted octanol–water partition coefficient (Wildman–Crippen LogP) is 2.53. The molecule has 1 N–H and O–H groups in total. The van der Waals surface area contributed by atoms with E-state index in [0.717, 1.165) is 10.9 Å². The van der Waals surface area contributed by atoms with E-state index in [1.54, 1.807) is 17.2 Å². The quantitative estimate of drug-likeness (QED) is 0.911. The third-order valence-corrected chi connectivity index (χ3v) is 3.50. The second-order valence-corrected chi connectivity index (χ2v) is 5.46. The molecule has 1 aromatic rings. The third-order valence-electron chi connectivity index (χ3n) is 2.78. The van der Waals surface area contributed by atoms with E-state index < -0.39 is 0 Å². The van der Waals surface area contributed by atoms with Gasteiger partial charge >= 0.3 is 0 Å². The zero-order valence-corrected chi connectivity index (χ0v) is 11.8. The molecule has 0 bridgehead atoms. The number of carbonyl (C=O) groups is 1. The molecular weight excluding hydrogens is 305 g/mol. The summed E-state index contributed by atoms with van der Waals surface area (Å²) in [7, 11) is 1.81. The molecule has 2 heterocycles. The van der Waals surface area contributed by atoms with Crippen molar-refractivity contribution in [3.8, 4) is 0 Å². The number of hydrogen-bond acceptors (Lipinski definition) is 3. The number of rotatable bonds is 2. The average Bonchev–Trinajstić information content (AvgIpc) is 2.27. The summed E-state index contributed by atoms with van der Waals surface area (Å²) in [5.74, 6) is 0.862. The fourth-order valence-corrected chi connectivity index (χ4v) is 2.53. The summed E-state index contributed by atoms with van der Waals surface area (Å²) >= 11 is 9.39. The van der Waals surface area contributed by atoms with Gasteiger partial charge in [0.1, 0.15) is 5.82 Å². The summed E-state index contributed by atoms with van der Waals surface area (Å²) < 4.78 is 0.851. The molecule has 1 unspecified atom stereocenters. The van der Waals surface area contributed by atoms with Gasteiger partial charge in [-0.05, 0) is 28.4 Å². The van der Waals surface area contributed by atoms with Crippen LogP contribution in [-0.2, 0) is 4.79 Å². The minimum Gasteiger partial charge on any atom is -0.364 e. The van der Waals surface area contributed by atoms with Gasteiger partial charge in [-0.15, -0.1) is 0 Å². The van der Waals surface area contributed by atoms with Crippen LogP contribution in [0.25, 0.3) is 0 Å². The van der Waals surface area contributed by atoms with Gasteiger partial charge in [0.05, 0.1) is 5.02 Å². The maximum Gasteiger partial charge on any atom is 0.222 e. The largest absolute Gasteiger partial charge is 0.364 e. The SMILES string of the molecule is CN1CC(Nc2ncc(Br)cc2Cl)CCC1=O. The van der Waals surface area contributed by atoms with Crippen LogP contribution in [0, 0.1) is 0 Å². The molecule has 2 rings (SSSR count). The molecule has 0 saturated carbocycles. The topological polar surface area (TPSA) is 45.2 Å². The lowest BCUT2D eigenvalue weighted by Crippen LogP contribution is -2.43. The van der Waals surface area contributed by atoms with E-state index in [4.69, 9.17) is 11.6 Å². The highest BCUT2D eigenvalue weighted by Gasteiger charge is 2.23. The van der Waals surface area contributed by atoms with Crippen LogP contribution in [0.3, 0.4) is 0 Å². The molecule has 1 amide bonds. The van der Waals surface area contributed by atoms with Gasteiger partial charge in [-0.1, -0.05) is 11.6 Å². The monoisotopic (exact) mass is 317 g/mol. The normalized spacial score (nSPS) is 20.5. The van der Waals surface area contributed by atoms with Gasteiger partial charge in [0.25, 0.3) is 0 Å². The number of hydrogen-bond donors (Lipinski definition) is 1. The average molecular weight is 319 g/mol. The molecule has 0 spiro atoms. The first kappa shape index (κ1) is 12.6. The van der Waals surface area contributed by atoms with Crippen molar-refractivity contribution in [1.82, 2.24) is 9.88 Å². The zero-order valence-electron chi connectivity index (χ0n) is 9.41. The fraction of sp³-hybridized carbons (Fsp3) is 0.455. The van der Waals surface area contributed by atoms with Crippen molar-refractivity contribution in [3.63, 3.8) is 0 Å². The summed E-state index contributed by atoms with van der Waals surface area (Å²) in [4.78, 5) is 17.3. The highest BCUT2D eigenvalue weighted by atomic mass is 79.9. The van der Waals surface area contributed by atoms with Crippen molar-refractivity contribution in [2.75, 3.05) is 18.9 Å². The molecule has 1 fully saturated rings. The number of likely N-dealkylation sites (N-methyl/N-ethyl adjacent to an activating group) is 1. The number of aromatic nitrogens is 1. The molecule has 0 aromatic carbocycles. The van der Waals surface area contributed by atoms with Crippen LogP contribution in [-0.4, -0.2) is 35.4 Å². The second kappa shape index (κ2) is 5.23. The molecule has 0 radical (unpaired) electrons.